The number of hydrogen-bond donors (Lipinski definition) is 0. The Kier molecular flexibility index (Phi) is 1.72. The van der Waals surface area contributed by atoms with Crippen LogP contribution in [0.3, 0.4) is 0 Å². The molecule has 0 N–H and O–H groups in total. The van der Waals surface area contributed by atoms with E-state index in [9.17, 15) is 0 Å². The van der Waals surface area contributed by atoms with E-state index in [-0.39, 0.29) is 0 Å². The highest BCUT2D eigenvalue weighted by Gasteiger charge is 2.09. The first-order chi connectivity index (χ1) is 3.79. The Morgan fingerprint density at radius 2 is 1.88 bits per heavy atom. The molecule has 1 fully saturated rings. The van der Waals surface area contributed by atoms with E-state index in [4.69, 9.17) is 6.58 Å². The molecule has 0 heteroatoms. The SMILES string of the molecule is [CH]=C1CCC(C)CC1. The zero-order chi connectivity index (χ0) is 5.98. The fraction of sp³-hybridized carbons (Fsp3) is 0.750. The van der Waals surface area contributed by atoms with Crippen LogP contribution in [0.1, 0.15) is 32.6 Å². The van der Waals surface area contributed by atoms with Crippen LogP contribution in [0.4, 0.5) is 0 Å². The van der Waals surface area contributed by atoms with Gasteiger partial charge in [-0.3, -0.25) is 0 Å². The van der Waals surface area contributed by atoms with Crippen LogP contribution in [0, 0.1) is 12.5 Å². The molecule has 0 aromatic carbocycles. The third-order valence-corrected chi connectivity index (χ3v) is 1.92. The van der Waals surface area contributed by atoms with E-state index in [1.807, 2.05) is 0 Å². The van der Waals surface area contributed by atoms with Gasteiger partial charge in [-0.2, -0.15) is 0 Å². The Labute approximate surface area is 51.6 Å². The summed E-state index contributed by atoms with van der Waals surface area (Å²) in [7, 11) is 0. The van der Waals surface area contributed by atoms with Gasteiger partial charge in [0, 0.05) is 0 Å². The fourth-order valence-corrected chi connectivity index (χ4v) is 1.13. The van der Waals surface area contributed by atoms with E-state index in [0.29, 0.717) is 0 Å². The zero-order valence-electron chi connectivity index (χ0n) is 5.48. The van der Waals surface area contributed by atoms with Crippen LogP contribution in [-0.4, -0.2) is 0 Å². The predicted molar refractivity (Wildman–Crippen MR) is 35.4 cm³/mol. The summed E-state index contributed by atoms with van der Waals surface area (Å²) >= 11 is 0. The van der Waals surface area contributed by atoms with Crippen LogP contribution < -0.4 is 0 Å². The van der Waals surface area contributed by atoms with E-state index < -0.39 is 0 Å². The largest absolute Gasteiger partial charge is 0.0702 e. The van der Waals surface area contributed by atoms with Crippen LogP contribution in [-0.2, 0) is 0 Å². The van der Waals surface area contributed by atoms with Crippen molar-refractivity contribution in [2.45, 2.75) is 32.6 Å². The topological polar surface area (TPSA) is 0 Å². The summed E-state index contributed by atoms with van der Waals surface area (Å²) in [4.78, 5) is 0. The number of hydrogen-bond acceptors (Lipinski definition) is 0. The van der Waals surface area contributed by atoms with E-state index in [0.717, 1.165) is 5.92 Å². The minimum Gasteiger partial charge on any atom is -0.0702 e. The van der Waals surface area contributed by atoms with Crippen molar-refractivity contribution in [2.24, 2.45) is 5.92 Å². The van der Waals surface area contributed by atoms with Gasteiger partial charge in [-0.1, -0.05) is 19.1 Å². The molecule has 0 heterocycles. The molecular weight excluding hydrogens is 96.1 g/mol. The lowest BCUT2D eigenvalue weighted by atomic mass is 9.88. The fourth-order valence-electron chi connectivity index (χ4n) is 1.13. The molecule has 0 bridgehead atoms. The summed E-state index contributed by atoms with van der Waals surface area (Å²) in [5, 5.41) is 0. The lowest BCUT2D eigenvalue weighted by Crippen LogP contribution is -2.02. The molecule has 0 saturated heterocycles. The minimum atomic E-state index is 0.919. The minimum absolute atomic E-state index is 0.919. The van der Waals surface area contributed by atoms with Crippen LogP contribution in [0.2, 0.25) is 0 Å². The molecule has 0 aliphatic heterocycles. The molecule has 0 unspecified atom stereocenters. The van der Waals surface area contributed by atoms with Crippen molar-refractivity contribution in [3.63, 3.8) is 0 Å². The summed E-state index contributed by atoms with van der Waals surface area (Å²) in [5.41, 5.74) is 1.21. The Bertz CT molecular complexity index is 82.2. The summed E-state index contributed by atoms with van der Waals surface area (Å²) < 4.78 is 0. The molecule has 0 spiro atoms. The molecule has 1 aliphatic rings. The number of allylic oxidation sites excluding steroid dienone is 1. The van der Waals surface area contributed by atoms with Crippen molar-refractivity contribution in [1.29, 1.82) is 0 Å². The molecule has 0 amide bonds. The maximum Gasteiger partial charge on any atom is -0.0315 e. The van der Waals surface area contributed by atoms with E-state index in [1.165, 1.54) is 31.3 Å². The first kappa shape index (κ1) is 5.87. The predicted octanol–water partition coefficient (Wildman–Crippen LogP) is 2.56. The van der Waals surface area contributed by atoms with Gasteiger partial charge in [-0.25, -0.2) is 0 Å². The molecule has 8 heavy (non-hydrogen) atoms. The smallest absolute Gasteiger partial charge is 0.0315 e. The Morgan fingerprint density at radius 1 is 1.38 bits per heavy atom. The molecule has 1 rings (SSSR count). The Morgan fingerprint density at radius 3 is 2.25 bits per heavy atom. The second kappa shape index (κ2) is 2.34. The Hall–Kier alpha value is -0.260. The summed E-state index contributed by atoms with van der Waals surface area (Å²) in [6, 6.07) is 0. The molecule has 0 atom stereocenters. The van der Waals surface area contributed by atoms with Gasteiger partial charge >= 0.3 is 0 Å². The first-order valence-electron chi connectivity index (χ1n) is 3.39. The molecule has 1 aliphatic carbocycles. The molecule has 1 saturated carbocycles. The normalized spacial score (nSPS) is 30.6. The summed E-state index contributed by atoms with van der Waals surface area (Å²) in [6.45, 7) is 7.91. The van der Waals surface area contributed by atoms with Gasteiger partial charge in [0.1, 0.15) is 0 Å². The average Bonchev–Trinajstić information content (AvgIpc) is 1.77. The quantitative estimate of drug-likeness (QED) is 0.448. The van der Waals surface area contributed by atoms with Crippen LogP contribution in [0.5, 0.6) is 0 Å². The highest BCUT2D eigenvalue weighted by molar-refractivity contribution is 4.94. The van der Waals surface area contributed by atoms with Crippen molar-refractivity contribution < 1.29 is 0 Å². The van der Waals surface area contributed by atoms with Gasteiger partial charge in [0.2, 0.25) is 0 Å². The van der Waals surface area contributed by atoms with Crippen LogP contribution in [0.25, 0.3) is 0 Å². The third kappa shape index (κ3) is 1.36. The summed E-state index contributed by atoms with van der Waals surface area (Å²) in [5.74, 6) is 0.919. The van der Waals surface area contributed by atoms with Crippen molar-refractivity contribution in [1.82, 2.24) is 0 Å². The standard InChI is InChI=1S/C8H13/c1-7-3-5-8(2)6-4-7/h1,8H,3-6H2,2H3. The van der Waals surface area contributed by atoms with Crippen molar-refractivity contribution in [3.8, 4) is 0 Å². The first-order valence-corrected chi connectivity index (χ1v) is 3.39. The second-order valence-electron chi connectivity index (χ2n) is 2.84. The molecule has 0 aromatic rings. The zero-order valence-corrected chi connectivity index (χ0v) is 5.48. The molecule has 0 aromatic heterocycles. The molecule has 0 nitrogen and oxygen atoms in total. The highest BCUT2D eigenvalue weighted by atomic mass is 14.1. The Balaban J connectivity index is 2.29. The van der Waals surface area contributed by atoms with Crippen molar-refractivity contribution in [3.05, 3.63) is 12.2 Å². The molecular formula is C8H13. The van der Waals surface area contributed by atoms with Gasteiger partial charge in [0.15, 0.2) is 0 Å². The lowest BCUT2D eigenvalue weighted by Gasteiger charge is -2.18. The van der Waals surface area contributed by atoms with Gasteiger partial charge < -0.3 is 0 Å². The molecule has 45 valence electrons. The van der Waals surface area contributed by atoms with Gasteiger partial charge in [0.25, 0.3) is 0 Å². The van der Waals surface area contributed by atoms with Gasteiger partial charge in [-0.05, 0) is 31.6 Å². The maximum atomic E-state index is 5.61. The third-order valence-electron chi connectivity index (χ3n) is 1.92. The highest BCUT2D eigenvalue weighted by Crippen LogP contribution is 2.25. The van der Waals surface area contributed by atoms with Crippen molar-refractivity contribution >= 4 is 0 Å². The summed E-state index contributed by atoms with van der Waals surface area (Å²) in [6.07, 6.45) is 4.96. The monoisotopic (exact) mass is 109 g/mol. The second-order valence-corrected chi connectivity index (χ2v) is 2.84. The van der Waals surface area contributed by atoms with E-state index >= 15 is 0 Å². The van der Waals surface area contributed by atoms with Gasteiger partial charge in [0.05, 0.1) is 0 Å². The maximum absolute atomic E-state index is 5.61. The van der Waals surface area contributed by atoms with Gasteiger partial charge in [-0.15, -0.1) is 0 Å². The van der Waals surface area contributed by atoms with E-state index in [1.54, 1.807) is 0 Å². The average molecular weight is 109 g/mol. The van der Waals surface area contributed by atoms with Crippen molar-refractivity contribution in [2.75, 3.05) is 0 Å². The van der Waals surface area contributed by atoms with E-state index in [2.05, 4.69) is 6.92 Å². The lowest BCUT2D eigenvalue weighted by molar-refractivity contribution is 0.444. The van der Waals surface area contributed by atoms with Crippen LogP contribution in [0.15, 0.2) is 5.57 Å². The molecule has 1 radical (unpaired) electrons. The number of rotatable bonds is 0. The van der Waals surface area contributed by atoms with Crippen LogP contribution >= 0.6 is 0 Å².